The molecular weight excluding hydrogens is 409 g/mol. The summed E-state index contributed by atoms with van der Waals surface area (Å²) in [4.78, 5) is 4.09. The van der Waals surface area contributed by atoms with Crippen molar-refractivity contribution in [1.29, 1.82) is 0 Å². The molecule has 1 heterocycles. The molecule has 0 bridgehead atoms. The number of aromatic nitrogens is 2. The van der Waals surface area contributed by atoms with Crippen LogP contribution in [0.15, 0.2) is 51.9 Å². The van der Waals surface area contributed by atoms with Gasteiger partial charge in [0.15, 0.2) is 11.6 Å². The predicted octanol–water partition coefficient (Wildman–Crippen LogP) is 4.00. The zero-order valence-corrected chi connectivity index (χ0v) is 18.3. The first-order valence-corrected chi connectivity index (χ1v) is 10.7. The van der Waals surface area contributed by atoms with Gasteiger partial charge in [-0.2, -0.15) is 9.29 Å². The first-order valence-electron chi connectivity index (χ1n) is 9.26. The summed E-state index contributed by atoms with van der Waals surface area (Å²) in [5.41, 5.74) is 1.96. The van der Waals surface area contributed by atoms with E-state index in [0.717, 1.165) is 15.9 Å². The number of rotatable bonds is 6. The van der Waals surface area contributed by atoms with Crippen molar-refractivity contribution in [3.05, 3.63) is 59.7 Å². The standard InChI is InChI=1S/C21H24FN3O4S/c1-21(2,3)15-8-6-14(7-9-15)20-23-19(29-24-20)13-25(4)30(26,27)16-10-11-18(28-5)17(22)12-16/h6-12H,13H2,1-5H3. The second-order valence-electron chi connectivity index (χ2n) is 7.90. The molecule has 0 aliphatic carbocycles. The van der Waals surface area contributed by atoms with Gasteiger partial charge in [-0.15, -0.1) is 0 Å². The third-order valence-corrected chi connectivity index (χ3v) is 6.47. The normalized spacial score (nSPS) is 12.4. The fourth-order valence-electron chi connectivity index (χ4n) is 2.82. The molecule has 3 rings (SSSR count). The second kappa shape index (κ2) is 8.16. The van der Waals surface area contributed by atoms with Gasteiger partial charge in [-0.25, -0.2) is 12.8 Å². The predicted molar refractivity (Wildman–Crippen MR) is 110 cm³/mol. The largest absolute Gasteiger partial charge is 0.494 e. The fourth-order valence-corrected chi connectivity index (χ4v) is 3.95. The smallest absolute Gasteiger partial charge is 0.243 e. The quantitative estimate of drug-likeness (QED) is 0.584. The SMILES string of the molecule is COc1ccc(S(=O)(=O)N(C)Cc2nc(-c3ccc(C(C)(C)C)cc3)no2)cc1F. The number of nitrogens with zero attached hydrogens (tertiary/aromatic N) is 3. The van der Waals surface area contributed by atoms with Crippen LogP contribution in [0.4, 0.5) is 4.39 Å². The van der Waals surface area contributed by atoms with E-state index in [-0.39, 0.29) is 28.5 Å². The van der Waals surface area contributed by atoms with Gasteiger partial charge in [0.2, 0.25) is 21.7 Å². The Hall–Kier alpha value is -2.78. The van der Waals surface area contributed by atoms with Crippen molar-refractivity contribution in [2.75, 3.05) is 14.2 Å². The molecule has 0 atom stereocenters. The Morgan fingerprint density at radius 1 is 1.13 bits per heavy atom. The van der Waals surface area contributed by atoms with Gasteiger partial charge in [-0.3, -0.25) is 0 Å². The second-order valence-corrected chi connectivity index (χ2v) is 9.94. The van der Waals surface area contributed by atoms with Crippen molar-refractivity contribution in [3.8, 4) is 17.1 Å². The van der Waals surface area contributed by atoms with Gasteiger partial charge in [0.1, 0.15) is 0 Å². The first-order chi connectivity index (χ1) is 14.0. The maximum Gasteiger partial charge on any atom is 0.243 e. The van der Waals surface area contributed by atoms with Crippen LogP contribution in [-0.2, 0) is 22.0 Å². The van der Waals surface area contributed by atoms with Crippen LogP contribution in [0.1, 0.15) is 32.2 Å². The Labute approximate surface area is 175 Å². The van der Waals surface area contributed by atoms with E-state index in [1.54, 1.807) is 0 Å². The molecule has 30 heavy (non-hydrogen) atoms. The lowest BCUT2D eigenvalue weighted by atomic mass is 9.87. The average Bonchev–Trinajstić information content (AvgIpc) is 3.15. The van der Waals surface area contributed by atoms with Crippen LogP contribution in [0, 0.1) is 5.82 Å². The highest BCUT2D eigenvalue weighted by atomic mass is 32.2. The lowest BCUT2D eigenvalue weighted by Crippen LogP contribution is -2.26. The molecule has 0 saturated heterocycles. The maximum absolute atomic E-state index is 13.9. The monoisotopic (exact) mass is 433 g/mol. The minimum atomic E-state index is -3.95. The average molecular weight is 434 g/mol. The van der Waals surface area contributed by atoms with Gasteiger partial charge in [0, 0.05) is 12.6 Å². The third kappa shape index (κ3) is 4.52. The molecule has 0 aliphatic heterocycles. The van der Waals surface area contributed by atoms with E-state index in [0.29, 0.717) is 5.82 Å². The van der Waals surface area contributed by atoms with Crippen LogP contribution in [-0.4, -0.2) is 37.0 Å². The third-order valence-electron chi connectivity index (χ3n) is 4.67. The highest BCUT2D eigenvalue weighted by Crippen LogP contribution is 2.26. The van der Waals surface area contributed by atoms with Crippen molar-refractivity contribution in [2.45, 2.75) is 37.6 Å². The van der Waals surface area contributed by atoms with E-state index in [9.17, 15) is 12.8 Å². The van der Waals surface area contributed by atoms with Crippen molar-refractivity contribution in [2.24, 2.45) is 0 Å². The molecule has 9 heteroatoms. The Balaban J connectivity index is 1.77. The molecule has 0 spiro atoms. The summed E-state index contributed by atoms with van der Waals surface area (Å²) in [7, 11) is -1.28. The number of sulfonamides is 1. The summed E-state index contributed by atoms with van der Waals surface area (Å²) in [6.45, 7) is 6.22. The Kier molecular flexibility index (Phi) is 5.96. The molecule has 0 N–H and O–H groups in total. The van der Waals surface area contributed by atoms with E-state index in [1.807, 2.05) is 24.3 Å². The molecule has 0 amide bonds. The van der Waals surface area contributed by atoms with Crippen molar-refractivity contribution in [3.63, 3.8) is 0 Å². The van der Waals surface area contributed by atoms with Crippen molar-refractivity contribution in [1.82, 2.24) is 14.4 Å². The van der Waals surface area contributed by atoms with Gasteiger partial charge >= 0.3 is 0 Å². The van der Waals surface area contributed by atoms with Crippen LogP contribution >= 0.6 is 0 Å². The zero-order valence-electron chi connectivity index (χ0n) is 17.5. The Morgan fingerprint density at radius 3 is 2.37 bits per heavy atom. The molecule has 1 aromatic heterocycles. The van der Waals surface area contributed by atoms with Gasteiger partial charge in [-0.05, 0) is 29.2 Å². The first kappa shape index (κ1) is 21.9. The lowest BCUT2D eigenvalue weighted by molar-refractivity contribution is 0.336. The van der Waals surface area contributed by atoms with Crippen LogP contribution in [0.5, 0.6) is 5.75 Å². The number of methoxy groups -OCH3 is 1. The minimum Gasteiger partial charge on any atom is -0.494 e. The summed E-state index contributed by atoms with van der Waals surface area (Å²) in [6.07, 6.45) is 0. The molecule has 2 aromatic carbocycles. The number of ether oxygens (including phenoxy) is 1. The van der Waals surface area contributed by atoms with E-state index >= 15 is 0 Å². The van der Waals surface area contributed by atoms with Crippen LogP contribution in [0.3, 0.4) is 0 Å². The molecule has 0 radical (unpaired) electrons. The Bertz CT molecular complexity index is 1140. The van der Waals surface area contributed by atoms with Gasteiger partial charge in [-0.1, -0.05) is 50.2 Å². The van der Waals surface area contributed by atoms with E-state index in [4.69, 9.17) is 9.26 Å². The Morgan fingerprint density at radius 2 is 1.80 bits per heavy atom. The minimum absolute atomic E-state index is 0.0267. The van der Waals surface area contributed by atoms with E-state index < -0.39 is 15.8 Å². The summed E-state index contributed by atoms with van der Waals surface area (Å²) in [5, 5.41) is 3.94. The van der Waals surface area contributed by atoms with E-state index in [1.165, 1.54) is 31.9 Å². The van der Waals surface area contributed by atoms with Gasteiger partial charge in [0.05, 0.1) is 18.6 Å². The highest BCUT2D eigenvalue weighted by Gasteiger charge is 2.24. The van der Waals surface area contributed by atoms with E-state index in [2.05, 4.69) is 30.9 Å². The van der Waals surface area contributed by atoms with Crippen LogP contribution < -0.4 is 4.74 Å². The highest BCUT2D eigenvalue weighted by molar-refractivity contribution is 7.89. The summed E-state index contributed by atoms with van der Waals surface area (Å²) in [6, 6.07) is 11.3. The molecule has 0 fully saturated rings. The van der Waals surface area contributed by atoms with Crippen molar-refractivity contribution >= 4 is 10.0 Å². The summed E-state index contributed by atoms with van der Waals surface area (Å²) in [5.74, 6) is -0.293. The molecule has 0 unspecified atom stereocenters. The number of benzene rings is 2. The summed E-state index contributed by atoms with van der Waals surface area (Å²) >= 11 is 0. The van der Waals surface area contributed by atoms with Gasteiger partial charge < -0.3 is 9.26 Å². The molecule has 160 valence electrons. The number of hydrogen-bond donors (Lipinski definition) is 0. The summed E-state index contributed by atoms with van der Waals surface area (Å²) < 4.78 is 50.4. The maximum atomic E-state index is 13.9. The number of hydrogen-bond acceptors (Lipinski definition) is 6. The molecular formula is C21H24FN3O4S. The molecule has 3 aromatic rings. The van der Waals surface area contributed by atoms with Crippen LogP contribution in [0.25, 0.3) is 11.4 Å². The zero-order chi connectivity index (χ0) is 22.1. The van der Waals surface area contributed by atoms with Crippen LogP contribution in [0.2, 0.25) is 0 Å². The van der Waals surface area contributed by atoms with Gasteiger partial charge in [0.25, 0.3) is 0 Å². The molecule has 0 saturated carbocycles. The topological polar surface area (TPSA) is 85.5 Å². The molecule has 0 aliphatic rings. The fraction of sp³-hybridized carbons (Fsp3) is 0.333. The number of halogens is 1. The lowest BCUT2D eigenvalue weighted by Gasteiger charge is -2.18. The van der Waals surface area contributed by atoms with Crippen molar-refractivity contribution < 1.29 is 22.1 Å². The molecule has 7 nitrogen and oxygen atoms in total.